The number of pyridine rings is 1. The van der Waals surface area contributed by atoms with E-state index in [1.54, 1.807) is 18.6 Å². The fourth-order valence-electron chi connectivity index (χ4n) is 2.29. The summed E-state index contributed by atoms with van der Waals surface area (Å²) in [6.45, 7) is 0. The van der Waals surface area contributed by atoms with Gasteiger partial charge in [0.05, 0.1) is 12.0 Å². The lowest BCUT2D eigenvalue weighted by atomic mass is 9.89. The summed E-state index contributed by atoms with van der Waals surface area (Å²) in [7, 11) is 0. The molecule has 0 saturated heterocycles. The summed E-state index contributed by atoms with van der Waals surface area (Å²) in [5.41, 5.74) is 2.18. The number of aromatic nitrogens is 3. The predicted octanol–water partition coefficient (Wildman–Crippen LogP) is 1.55. The summed E-state index contributed by atoms with van der Waals surface area (Å²) in [4.78, 5) is 23.5. The number of hydrogen-bond donors (Lipinski definition) is 2. The zero-order valence-corrected chi connectivity index (χ0v) is 9.89. The molecule has 0 radical (unpaired) electrons. The summed E-state index contributed by atoms with van der Waals surface area (Å²) in [5.74, 6) is 0.645. The van der Waals surface area contributed by atoms with Gasteiger partial charge >= 0.3 is 0 Å². The summed E-state index contributed by atoms with van der Waals surface area (Å²) < 4.78 is 0. The topological polar surface area (TPSA) is 70.7 Å². The number of rotatable bonds is 2. The molecule has 0 aliphatic heterocycles. The highest BCUT2D eigenvalue weighted by atomic mass is 16.1. The van der Waals surface area contributed by atoms with Gasteiger partial charge in [0.15, 0.2) is 0 Å². The molecule has 1 aliphatic carbocycles. The van der Waals surface area contributed by atoms with Gasteiger partial charge in [0, 0.05) is 24.2 Å². The maximum Gasteiger partial charge on any atom is 0.229 e. The molecule has 2 heterocycles. The minimum atomic E-state index is -0.0000406. The second-order valence-corrected chi connectivity index (χ2v) is 4.47. The highest BCUT2D eigenvalue weighted by molar-refractivity contribution is 5.91. The minimum absolute atomic E-state index is 0.0000406. The van der Waals surface area contributed by atoms with E-state index in [4.69, 9.17) is 0 Å². The molecule has 18 heavy (non-hydrogen) atoms. The van der Waals surface area contributed by atoms with Crippen LogP contribution in [0.1, 0.15) is 17.8 Å². The second-order valence-electron chi connectivity index (χ2n) is 4.47. The van der Waals surface area contributed by atoms with E-state index in [0.717, 1.165) is 30.7 Å². The Balaban J connectivity index is 1.68. The van der Waals surface area contributed by atoms with Crippen molar-refractivity contribution in [2.75, 3.05) is 5.32 Å². The largest absolute Gasteiger partial charge is 0.348 e. The van der Waals surface area contributed by atoms with Crippen molar-refractivity contribution < 1.29 is 4.79 Å². The van der Waals surface area contributed by atoms with Crippen LogP contribution in [0.25, 0.3) is 0 Å². The van der Waals surface area contributed by atoms with Crippen LogP contribution in [0.15, 0.2) is 30.7 Å². The predicted molar refractivity (Wildman–Crippen MR) is 67.0 cm³/mol. The Labute approximate surface area is 105 Å². The number of aryl methyl sites for hydroxylation is 1. The summed E-state index contributed by atoms with van der Waals surface area (Å²) in [6.07, 6.45) is 5.80. The lowest BCUT2D eigenvalue weighted by Crippen LogP contribution is -2.28. The van der Waals surface area contributed by atoms with E-state index in [1.165, 1.54) is 0 Å². The quantitative estimate of drug-likeness (QED) is 0.839. The zero-order valence-electron chi connectivity index (χ0n) is 9.89. The number of fused-ring (bicyclic) bond motifs is 1. The Hall–Kier alpha value is -2.17. The number of hydrogen-bond acceptors (Lipinski definition) is 3. The molecule has 2 aromatic heterocycles. The van der Waals surface area contributed by atoms with Crippen molar-refractivity contribution in [2.45, 2.75) is 19.3 Å². The fraction of sp³-hybridized carbons (Fsp3) is 0.308. The maximum absolute atomic E-state index is 12.1. The molecule has 0 aromatic carbocycles. The molecule has 0 saturated carbocycles. The molecular formula is C13H14N4O. The van der Waals surface area contributed by atoms with Gasteiger partial charge in [-0.1, -0.05) is 6.07 Å². The number of imidazole rings is 1. The highest BCUT2D eigenvalue weighted by Crippen LogP contribution is 2.23. The van der Waals surface area contributed by atoms with E-state index < -0.39 is 0 Å². The molecule has 92 valence electrons. The van der Waals surface area contributed by atoms with E-state index >= 15 is 0 Å². The molecule has 5 nitrogen and oxygen atoms in total. The van der Waals surface area contributed by atoms with Crippen LogP contribution in [-0.2, 0) is 17.6 Å². The van der Waals surface area contributed by atoms with Gasteiger partial charge in [-0.2, -0.15) is 0 Å². The van der Waals surface area contributed by atoms with Gasteiger partial charge in [-0.25, -0.2) is 9.97 Å². The van der Waals surface area contributed by atoms with E-state index in [2.05, 4.69) is 20.3 Å². The number of H-pyrrole nitrogens is 1. The summed E-state index contributed by atoms with van der Waals surface area (Å²) >= 11 is 0. The first-order valence-electron chi connectivity index (χ1n) is 6.06. The Morgan fingerprint density at radius 3 is 3.17 bits per heavy atom. The van der Waals surface area contributed by atoms with Crippen molar-refractivity contribution in [3.05, 3.63) is 42.1 Å². The first-order valence-corrected chi connectivity index (χ1v) is 6.06. The molecular weight excluding hydrogens is 228 g/mol. The van der Waals surface area contributed by atoms with Crippen LogP contribution in [0.4, 0.5) is 5.82 Å². The standard InChI is InChI=1S/C13H14N4O/c18-13(17-12-3-1-2-6-14-12)9-4-5-10-11(7-9)16-8-15-10/h1-3,6,8-9H,4-5,7H2,(H,15,16)(H,14,17,18). The van der Waals surface area contributed by atoms with Crippen molar-refractivity contribution >= 4 is 11.7 Å². The van der Waals surface area contributed by atoms with Crippen molar-refractivity contribution in [1.82, 2.24) is 15.0 Å². The Morgan fingerprint density at radius 1 is 1.39 bits per heavy atom. The first-order chi connectivity index (χ1) is 8.83. The van der Waals surface area contributed by atoms with Gasteiger partial charge in [0.1, 0.15) is 5.82 Å². The molecule has 1 unspecified atom stereocenters. The monoisotopic (exact) mass is 242 g/mol. The molecule has 0 spiro atoms. The number of aromatic amines is 1. The zero-order chi connectivity index (χ0) is 12.4. The molecule has 5 heteroatoms. The third-order valence-corrected chi connectivity index (χ3v) is 3.27. The van der Waals surface area contributed by atoms with Gasteiger partial charge in [-0.15, -0.1) is 0 Å². The van der Waals surface area contributed by atoms with E-state index in [-0.39, 0.29) is 11.8 Å². The van der Waals surface area contributed by atoms with Gasteiger partial charge < -0.3 is 10.3 Å². The Morgan fingerprint density at radius 2 is 2.33 bits per heavy atom. The van der Waals surface area contributed by atoms with Crippen LogP contribution in [0.5, 0.6) is 0 Å². The SMILES string of the molecule is O=C(Nc1ccccn1)C1CCc2nc[nH]c2C1. The Bertz CT molecular complexity index is 549. The molecule has 1 atom stereocenters. The number of nitrogens with zero attached hydrogens (tertiary/aromatic N) is 2. The van der Waals surface area contributed by atoms with Crippen LogP contribution in [0, 0.1) is 5.92 Å². The fourth-order valence-corrected chi connectivity index (χ4v) is 2.29. The third kappa shape index (κ3) is 2.11. The normalized spacial score (nSPS) is 18.1. The average molecular weight is 242 g/mol. The lowest BCUT2D eigenvalue weighted by Gasteiger charge is -2.20. The lowest BCUT2D eigenvalue weighted by molar-refractivity contribution is -0.120. The van der Waals surface area contributed by atoms with Gasteiger partial charge in [0.25, 0.3) is 0 Å². The van der Waals surface area contributed by atoms with Gasteiger partial charge in [-0.3, -0.25) is 4.79 Å². The molecule has 1 amide bonds. The van der Waals surface area contributed by atoms with Crippen molar-refractivity contribution in [3.63, 3.8) is 0 Å². The number of anilines is 1. The summed E-state index contributed by atoms with van der Waals surface area (Å²) in [6, 6.07) is 5.48. The Kier molecular flexibility index (Phi) is 2.80. The van der Waals surface area contributed by atoms with Crippen LogP contribution in [0.3, 0.4) is 0 Å². The van der Waals surface area contributed by atoms with E-state index in [0.29, 0.717) is 5.82 Å². The smallest absolute Gasteiger partial charge is 0.229 e. The molecule has 1 aliphatic rings. The van der Waals surface area contributed by atoms with Crippen molar-refractivity contribution in [2.24, 2.45) is 5.92 Å². The highest BCUT2D eigenvalue weighted by Gasteiger charge is 2.26. The van der Waals surface area contributed by atoms with Crippen LogP contribution >= 0.6 is 0 Å². The number of carbonyl (C=O) groups excluding carboxylic acids is 1. The van der Waals surface area contributed by atoms with E-state index in [9.17, 15) is 4.79 Å². The number of nitrogens with one attached hydrogen (secondary N) is 2. The first kappa shape index (κ1) is 11.0. The van der Waals surface area contributed by atoms with Gasteiger partial charge in [-0.05, 0) is 25.0 Å². The van der Waals surface area contributed by atoms with Crippen molar-refractivity contribution in [1.29, 1.82) is 0 Å². The minimum Gasteiger partial charge on any atom is -0.348 e. The maximum atomic E-state index is 12.1. The molecule has 0 bridgehead atoms. The van der Waals surface area contributed by atoms with E-state index in [1.807, 2.05) is 12.1 Å². The third-order valence-electron chi connectivity index (χ3n) is 3.27. The molecule has 3 rings (SSSR count). The molecule has 0 fully saturated rings. The number of amides is 1. The van der Waals surface area contributed by atoms with Crippen molar-refractivity contribution in [3.8, 4) is 0 Å². The molecule has 2 N–H and O–H groups in total. The van der Waals surface area contributed by atoms with Gasteiger partial charge in [0.2, 0.25) is 5.91 Å². The van der Waals surface area contributed by atoms with Crippen LogP contribution in [-0.4, -0.2) is 20.9 Å². The number of carbonyl (C=O) groups is 1. The second kappa shape index (κ2) is 4.60. The van der Waals surface area contributed by atoms with Crippen LogP contribution in [0.2, 0.25) is 0 Å². The molecule has 2 aromatic rings. The van der Waals surface area contributed by atoms with Crippen LogP contribution < -0.4 is 5.32 Å². The summed E-state index contributed by atoms with van der Waals surface area (Å²) in [5, 5.41) is 2.85. The average Bonchev–Trinajstić information content (AvgIpc) is 2.87.